The Labute approximate surface area is 164 Å². The van der Waals surface area contributed by atoms with E-state index in [1.54, 1.807) is 6.20 Å². The molecule has 0 aliphatic rings. The highest BCUT2D eigenvalue weighted by Crippen LogP contribution is 2.28. The van der Waals surface area contributed by atoms with E-state index in [0.717, 1.165) is 35.2 Å². The van der Waals surface area contributed by atoms with Crippen molar-refractivity contribution in [1.29, 1.82) is 0 Å². The summed E-state index contributed by atoms with van der Waals surface area (Å²) < 4.78 is 0. The minimum atomic E-state index is 0.0949. The van der Waals surface area contributed by atoms with Gasteiger partial charge in [-0.1, -0.05) is 62.6 Å². The molecule has 2 rings (SSSR count). The van der Waals surface area contributed by atoms with Crippen LogP contribution < -0.4 is 5.32 Å². The highest BCUT2D eigenvalue weighted by atomic mass is 14.9. The Morgan fingerprint density at radius 3 is 2.63 bits per heavy atom. The number of pyridine rings is 1. The van der Waals surface area contributed by atoms with Gasteiger partial charge in [-0.05, 0) is 66.7 Å². The third-order valence-electron chi connectivity index (χ3n) is 4.53. The molecule has 2 heteroatoms. The molecule has 0 aliphatic heterocycles. The molecule has 0 amide bonds. The lowest BCUT2D eigenvalue weighted by Gasteiger charge is -2.23. The zero-order chi connectivity index (χ0) is 19.6. The van der Waals surface area contributed by atoms with Gasteiger partial charge in [-0.25, -0.2) is 0 Å². The van der Waals surface area contributed by atoms with Gasteiger partial charge in [-0.15, -0.1) is 0 Å². The topological polar surface area (TPSA) is 24.9 Å². The lowest BCUT2D eigenvalue weighted by molar-refractivity contribution is 0.617. The van der Waals surface area contributed by atoms with Gasteiger partial charge in [0.05, 0.1) is 6.04 Å². The Morgan fingerprint density at radius 1 is 1.22 bits per heavy atom. The van der Waals surface area contributed by atoms with Crippen LogP contribution in [0, 0.1) is 6.92 Å². The predicted octanol–water partition coefficient (Wildman–Crippen LogP) is 6.55. The predicted molar refractivity (Wildman–Crippen MR) is 117 cm³/mol. The van der Waals surface area contributed by atoms with E-state index in [2.05, 4.69) is 86.7 Å². The normalized spacial score (nSPS) is 13.1. The van der Waals surface area contributed by atoms with Crippen molar-refractivity contribution in [1.82, 2.24) is 10.3 Å². The zero-order valence-electron chi connectivity index (χ0n) is 16.7. The summed E-state index contributed by atoms with van der Waals surface area (Å²) in [5.41, 5.74) is 6.96. The highest BCUT2D eigenvalue weighted by molar-refractivity contribution is 5.66. The smallest absolute Gasteiger partial charge is 0.0569 e. The highest BCUT2D eigenvalue weighted by Gasteiger charge is 2.15. The molecule has 2 aromatic rings. The molecule has 0 bridgehead atoms. The molecule has 1 aromatic heterocycles. The van der Waals surface area contributed by atoms with Crippen molar-refractivity contribution < 1.29 is 0 Å². The van der Waals surface area contributed by atoms with E-state index >= 15 is 0 Å². The molecule has 27 heavy (non-hydrogen) atoms. The first kappa shape index (κ1) is 20.4. The standard InChI is InChI=1S/C25H30N2/c1-6-11-23(16-19(3)7-2)27-25(22-13-10-15-26-18-22)17-21(5)24-14-9-8-12-20(24)4/h7-16,18,25,27H,2,5-6,17H2,1,3-4H3/b19-16-,23-11+. The van der Waals surface area contributed by atoms with Gasteiger partial charge in [0.1, 0.15) is 0 Å². The fourth-order valence-electron chi connectivity index (χ4n) is 3.05. The molecule has 0 fully saturated rings. The van der Waals surface area contributed by atoms with Crippen LogP contribution in [0.2, 0.25) is 0 Å². The van der Waals surface area contributed by atoms with Crippen molar-refractivity contribution in [3.05, 3.63) is 108 Å². The van der Waals surface area contributed by atoms with Crippen LogP contribution in [0.5, 0.6) is 0 Å². The van der Waals surface area contributed by atoms with Crippen LogP contribution in [0.4, 0.5) is 0 Å². The zero-order valence-corrected chi connectivity index (χ0v) is 16.7. The first-order valence-electron chi connectivity index (χ1n) is 9.46. The molecule has 1 atom stereocenters. The fourth-order valence-corrected chi connectivity index (χ4v) is 3.05. The summed E-state index contributed by atoms with van der Waals surface area (Å²) in [6, 6.07) is 12.6. The third kappa shape index (κ3) is 6.10. The van der Waals surface area contributed by atoms with Crippen molar-refractivity contribution in [2.45, 2.75) is 39.7 Å². The Bertz CT molecular complexity index is 828. The van der Waals surface area contributed by atoms with Gasteiger partial charge in [0.25, 0.3) is 0 Å². The molecule has 0 saturated carbocycles. The second-order valence-corrected chi connectivity index (χ2v) is 6.77. The summed E-state index contributed by atoms with van der Waals surface area (Å²) in [6.45, 7) is 14.6. The number of hydrogen-bond donors (Lipinski definition) is 1. The number of nitrogens with zero attached hydrogens (tertiary/aromatic N) is 1. The van der Waals surface area contributed by atoms with Crippen LogP contribution in [-0.4, -0.2) is 4.98 Å². The second-order valence-electron chi connectivity index (χ2n) is 6.77. The average Bonchev–Trinajstić information content (AvgIpc) is 2.68. The van der Waals surface area contributed by atoms with E-state index in [-0.39, 0.29) is 6.04 Å². The van der Waals surface area contributed by atoms with Crippen LogP contribution in [0.15, 0.2) is 91.4 Å². The van der Waals surface area contributed by atoms with Crippen molar-refractivity contribution in [2.75, 3.05) is 0 Å². The van der Waals surface area contributed by atoms with E-state index in [1.807, 2.05) is 18.3 Å². The Hall–Kier alpha value is -2.87. The second kappa shape index (κ2) is 10.3. The molecular formula is C25H30N2. The monoisotopic (exact) mass is 358 g/mol. The van der Waals surface area contributed by atoms with Gasteiger partial charge in [0.15, 0.2) is 0 Å². The van der Waals surface area contributed by atoms with E-state index < -0.39 is 0 Å². The Kier molecular flexibility index (Phi) is 7.81. The quantitative estimate of drug-likeness (QED) is 0.514. The summed E-state index contributed by atoms with van der Waals surface area (Å²) in [6.07, 6.45) is 11.7. The van der Waals surface area contributed by atoms with Crippen LogP contribution in [0.25, 0.3) is 5.57 Å². The van der Waals surface area contributed by atoms with Crippen molar-refractivity contribution in [2.24, 2.45) is 0 Å². The maximum atomic E-state index is 4.37. The van der Waals surface area contributed by atoms with Gasteiger partial charge in [0.2, 0.25) is 0 Å². The van der Waals surface area contributed by atoms with Crippen molar-refractivity contribution in [3.8, 4) is 0 Å². The molecule has 0 spiro atoms. The largest absolute Gasteiger partial charge is 0.378 e. The number of aryl methyl sites for hydroxylation is 1. The third-order valence-corrected chi connectivity index (χ3v) is 4.53. The molecule has 2 nitrogen and oxygen atoms in total. The van der Waals surface area contributed by atoms with Gasteiger partial charge < -0.3 is 5.32 Å². The summed E-state index contributed by atoms with van der Waals surface area (Å²) >= 11 is 0. The van der Waals surface area contributed by atoms with Crippen LogP contribution in [0.3, 0.4) is 0 Å². The van der Waals surface area contributed by atoms with Gasteiger partial charge in [-0.3, -0.25) is 4.98 Å². The maximum absolute atomic E-state index is 4.37. The van der Waals surface area contributed by atoms with E-state index in [9.17, 15) is 0 Å². The lowest BCUT2D eigenvalue weighted by atomic mass is 9.93. The van der Waals surface area contributed by atoms with Crippen LogP contribution >= 0.6 is 0 Å². The summed E-state index contributed by atoms with van der Waals surface area (Å²) in [5.74, 6) is 0. The minimum absolute atomic E-state index is 0.0949. The van der Waals surface area contributed by atoms with E-state index in [1.165, 1.54) is 11.1 Å². The lowest BCUT2D eigenvalue weighted by Crippen LogP contribution is -2.21. The first-order valence-corrected chi connectivity index (χ1v) is 9.46. The first-order chi connectivity index (χ1) is 13.0. The SMILES string of the molecule is C=C/C(C)=C\C(=C/CC)NC(CC(=C)c1ccccc1C)c1cccnc1. The Balaban J connectivity index is 2.32. The van der Waals surface area contributed by atoms with E-state index in [0.29, 0.717) is 0 Å². The fraction of sp³-hybridized carbons (Fsp3) is 0.240. The Morgan fingerprint density at radius 2 is 2.00 bits per heavy atom. The number of hydrogen-bond acceptors (Lipinski definition) is 2. The minimum Gasteiger partial charge on any atom is -0.378 e. The molecule has 1 aromatic carbocycles. The number of allylic oxidation sites excluding steroid dienone is 4. The molecular weight excluding hydrogens is 328 g/mol. The summed E-state index contributed by atoms with van der Waals surface area (Å²) in [5, 5.41) is 3.69. The maximum Gasteiger partial charge on any atom is 0.0569 e. The van der Waals surface area contributed by atoms with Crippen LogP contribution in [-0.2, 0) is 0 Å². The van der Waals surface area contributed by atoms with E-state index in [4.69, 9.17) is 0 Å². The van der Waals surface area contributed by atoms with Gasteiger partial charge in [-0.2, -0.15) is 0 Å². The molecule has 0 aliphatic carbocycles. The molecule has 140 valence electrons. The van der Waals surface area contributed by atoms with Crippen molar-refractivity contribution >= 4 is 5.57 Å². The van der Waals surface area contributed by atoms with Crippen molar-refractivity contribution in [3.63, 3.8) is 0 Å². The molecule has 1 heterocycles. The number of aromatic nitrogens is 1. The van der Waals surface area contributed by atoms with Gasteiger partial charge in [0, 0.05) is 18.1 Å². The van der Waals surface area contributed by atoms with Gasteiger partial charge >= 0.3 is 0 Å². The summed E-state index contributed by atoms with van der Waals surface area (Å²) in [4.78, 5) is 4.31. The molecule has 1 unspecified atom stereocenters. The average molecular weight is 359 g/mol. The number of nitrogens with one attached hydrogen (secondary N) is 1. The molecule has 0 radical (unpaired) electrons. The number of rotatable bonds is 9. The summed E-state index contributed by atoms with van der Waals surface area (Å²) in [7, 11) is 0. The molecule has 1 N–H and O–H groups in total. The molecule has 0 saturated heterocycles. The number of benzene rings is 1. The van der Waals surface area contributed by atoms with Crippen LogP contribution in [0.1, 0.15) is 49.4 Å².